The second-order valence-corrected chi connectivity index (χ2v) is 7.50. The smallest absolute Gasteiger partial charge is 0.243 e. The molecule has 0 aliphatic carbocycles. The van der Waals surface area contributed by atoms with Gasteiger partial charge in [0.05, 0.1) is 12.1 Å². The average molecular weight is 531 g/mol. The quantitative estimate of drug-likeness (QED) is 0.276. The molecule has 0 aromatic heterocycles. The number of amides is 1. The van der Waals surface area contributed by atoms with Crippen LogP contribution in [0.15, 0.2) is 35.3 Å². The number of nitrogens with zero attached hydrogens (tertiary/aromatic N) is 3. The van der Waals surface area contributed by atoms with Crippen LogP contribution in [-0.4, -0.2) is 81.2 Å². The lowest BCUT2D eigenvalue weighted by atomic mass is 10.1. The fourth-order valence-corrected chi connectivity index (χ4v) is 3.47. The third kappa shape index (κ3) is 8.77. The van der Waals surface area contributed by atoms with Crippen LogP contribution in [0.2, 0.25) is 0 Å². The Hall–Kier alpha value is -1.39. The molecular formula is C22H38IN5O2. The molecule has 1 fully saturated rings. The number of aliphatic imine (C=N–C) groups is 1. The van der Waals surface area contributed by atoms with Crippen LogP contribution < -0.4 is 10.6 Å². The van der Waals surface area contributed by atoms with Crippen LogP contribution in [-0.2, 0) is 9.53 Å². The number of halogens is 1. The lowest BCUT2D eigenvalue weighted by Crippen LogP contribution is -2.45. The third-order valence-corrected chi connectivity index (χ3v) is 5.29. The summed E-state index contributed by atoms with van der Waals surface area (Å²) in [5.41, 5.74) is 1.27. The van der Waals surface area contributed by atoms with Gasteiger partial charge in [-0.05, 0) is 31.5 Å². The van der Waals surface area contributed by atoms with Crippen LogP contribution in [0.25, 0.3) is 0 Å². The molecule has 2 rings (SSSR count). The van der Waals surface area contributed by atoms with Crippen molar-refractivity contribution in [2.75, 3.05) is 53.4 Å². The van der Waals surface area contributed by atoms with Crippen molar-refractivity contribution in [3.05, 3.63) is 35.9 Å². The van der Waals surface area contributed by atoms with E-state index in [1.165, 1.54) is 5.56 Å². The molecule has 0 spiro atoms. The van der Waals surface area contributed by atoms with Crippen molar-refractivity contribution >= 4 is 35.8 Å². The molecule has 0 radical (unpaired) electrons. The molecule has 0 bridgehead atoms. The molecule has 1 aliphatic heterocycles. The molecule has 2 unspecified atom stereocenters. The first kappa shape index (κ1) is 26.6. The Balaban J connectivity index is 0.00000450. The summed E-state index contributed by atoms with van der Waals surface area (Å²) in [5.74, 6) is 0.635. The zero-order valence-corrected chi connectivity index (χ0v) is 21.1. The molecule has 30 heavy (non-hydrogen) atoms. The van der Waals surface area contributed by atoms with Crippen LogP contribution in [0.1, 0.15) is 38.3 Å². The lowest BCUT2D eigenvalue weighted by molar-refractivity contribution is -0.127. The molecule has 8 heteroatoms. The first-order valence-electron chi connectivity index (χ1n) is 10.7. The molecule has 1 aromatic carbocycles. The summed E-state index contributed by atoms with van der Waals surface area (Å²) < 4.78 is 5.71. The minimum atomic E-state index is -0.0217. The van der Waals surface area contributed by atoms with Gasteiger partial charge in [0.1, 0.15) is 6.54 Å². The molecule has 1 amide bonds. The number of carbonyl (C=O) groups excluding carboxylic acids is 1. The monoisotopic (exact) mass is 531 g/mol. The average Bonchev–Trinajstić information content (AvgIpc) is 3.26. The highest BCUT2D eigenvalue weighted by Gasteiger charge is 2.20. The summed E-state index contributed by atoms with van der Waals surface area (Å²) >= 11 is 0. The Morgan fingerprint density at radius 3 is 2.47 bits per heavy atom. The number of benzene rings is 1. The second-order valence-electron chi connectivity index (χ2n) is 7.50. The van der Waals surface area contributed by atoms with E-state index in [2.05, 4.69) is 58.6 Å². The molecule has 2 N–H and O–H groups in total. The van der Waals surface area contributed by atoms with E-state index in [0.717, 1.165) is 32.5 Å². The predicted octanol–water partition coefficient (Wildman–Crippen LogP) is 2.49. The summed E-state index contributed by atoms with van der Waals surface area (Å²) in [7, 11) is 3.49. The van der Waals surface area contributed by atoms with Gasteiger partial charge in [0, 0.05) is 33.8 Å². The van der Waals surface area contributed by atoms with Gasteiger partial charge in [-0.1, -0.05) is 44.2 Å². The Kier molecular flexibility index (Phi) is 13.0. The fraction of sp³-hybridized carbons (Fsp3) is 0.636. The number of rotatable bonds is 10. The number of hydrogen-bond acceptors (Lipinski definition) is 4. The van der Waals surface area contributed by atoms with Gasteiger partial charge in [0.25, 0.3) is 0 Å². The highest BCUT2D eigenvalue weighted by molar-refractivity contribution is 14.0. The second kappa shape index (κ2) is 14.6. The number of carbonyl (C=O) groups is 1. The zero-order chi connectivity index (χ0) is 21.1. The van der Waals surface area contributed by atoms with E-state index in [9.17, 15) is 4.79 Å². The standard InChI is InChI=1S/C22H37N5O2.HI/c1-5-27(6-2)20(18-11-8-7-9-12-18)16-24-22(25-17-21(28)26(3)4)23-15-19-13-10-14-29-19;/h7-9,11-12,19-20H,5-6,10,13-17H2,1-4H3,(H2,23,24,25);1H. The van der Waals surface area contributed by atoms with Crippen molar-refractivity contribution in [3.8, 4) is 0 Å². The summed E-state index contributed by atoms with van der Waals surface area (Å²) in [4.78, 5) is 20.5. The largest absolute Gasteiger partial charge is 0.376 e. The van der Waals surface area contributed by atoms with Gasteiger partial charge >= 0.3 is 0 Å². The van der Waals surface area contributed by atoms with Gasteiger partial charge < -0.3 is 20.3 Å². The number of hydrogen-bond donors (Lipinski definition) is 2. The minimum absolute atomic E-state index is 0. The van der Waals surface area contributed by atoms with E-state index in [1.807, 2.05) is 6.07 Å². The number of likely N-dealkylation sites (N-methyl/N-ethyl adjacent to an activating group) is 2. The van der Waals surface area contributed by atoms with E-state index in [4.69, 9.17) is 4.74 Å². The van der Waals surface area contributed by atoms with Crippen LogP contribution >= 0.6 is 24.0 Å². The summed E-state index contributed by atoms with van der Waals surface area (Å²) in [6.45, 7) is 8.64. The molecule has 2 atom stereocenters. The predicted molar refractivity (Wildman–Crippen MR) is 133 cm³/mol. The normalized spacial score (nSPS) is 17.4. The third-order valence-electron chi connectivity index (χ3n) is 5.29. The van der Waals surface area contributed by atoms with Crippen molar-refractivity contribution in [1.82, 2.24) is 20.4 Å². The highest BCUT2D eigenvalue weighted by atomic mass is 127. The molecular weight excluding hydrogens is 493 g/mol. The van der Waals surface area contributed by atoms with E-state index < -0.39 is 0 Å². The van der Waals surface area contributed by atoms with Crippen LogP contribution in [0.3, 0.4) is 0 Å². The lowest BCUT2D eigenvalue weighted by Gasteiger charge is -2.31. The van der Waals surface area contributed by atoms with Crippen molar-refractivity contribution < 1.29 is 9.53 Å². The van der Waals surface area contributed by atoms with Crippen molar-refractivity contribution in [3.63, 3.8) is 0 Å². The SMILES string of the molecule is CCN(CC)C(CNC(=NCC(=O)N(C)C)NCC1CCCO1)c1ccccc1.I. The molecule has 0 saturated carbocycles. The maximum atomic E-state index is 12.0. The topological polar surface area (TPSA) is 69.2 Å². The number of guanidine groups is 1. The summed E-state index contributed by atoms with van der Waals surface area (Å²) in [5, 5.41) is 6.82. The van der Waals surface area contributed by atoms with Gasteiger partial charge in [-0.3, -0.25) is 9.69 Å². The Morgan fingerprint density at radius 2 is 1.90 bits per heavy atom. The van der Waals surface area contributed by atoms with Crippen LogP contribution in [0, 0.1) is 0 Å². The van der Waals surface area contributed by atoms with E-state index >= 15 is 0 Å². The van der Waals surface area contributed by atoms with Crippen LogP contribution in [0.4, 0.5) is 0 Å². The van der Waals surface area contributed by atoms with Crippen molar-refractivity contribution in [2.45, 2.75) is 38.8 Å². The van der Waals surface area contributed by atoms with Gasteiger partial charge in [-0.15, -0.1) is 24.0 Å². The molecule has 170 valence electrons. The number of ether oxygens (including phenoxy) is 1. The van der Waals surface area contributed by atoms with Gasteiger partial charge in [0.2, 0.25) is 5.91 Å². The fourth-order valence-electron chi connectivity index (χ4n) is 3.47. The molecule has 1 aliphatic rings. The maximum absolute atomic E-state index is 12.0. The van der Waals surface area contributed by atoms with Crippen LogP contribution in [0.5, 0.6) is 0 Å². The molecule has 7 nitrogen and oxygen atoms in total. The Bertz CT molecular complexity index is 632. The Morgan fingerprint density at radius 1 is 1.20 bits per heavy atom. The van der Waals surface area contributed by atoms with Gasteiger partial charge in [-0.2, -0.15) is 0 Å². The minimum Gasteiger partial charge on any atom is -0.376 e. The summed E-state index contributed by atoms with van der Waals surface area (Å²) in [6.07, 6.45) is 2.37. The number of nitrogens with one attached hydrogen (secondary N) is 2. The zero-order valence-electron chi connectivity index (χ0n) is 18.8. The van der Waals surface area contributed by atoms with Crippen molar-refractivity contribution in [2.24, 2.45) is 4.99 Å². The first-order chi connectivity index (χ1) is 14.0. The maximum Gasteiger partial charge on any atom is 0.243 e. The Labute approximate surface area is 198 Å². The van der Waals surface area contributed by atoms with Gasteiger partial charge in [0.15, 0.2) is 5.96 Å². The summed E-state index contributed by atoms with van der Waals surface area (Å²) in [6, 6.07) is 10.7. The van der Waals surface area contributed by atoms with Crippen molar-refractivity contribution in [1.29, 1.82) is 0 Å². The van der Waals surface area contributed by atoms with Gasteiger partial charge in [-0.25, -0.2) is 4.99 Å². The van der Waals surface area contributed by atoms with E-state index in [0.29, 0.717) is 19.0 Å². The first-order valence-corrected chi connectivity index (χ1v) is 10.7. The van der Waals surface area contributed by atoms with E-state index in [-0.39, 0.29) is 48.6 Å². The molecule has 1 aromatic rings. The molecule has 1 saturated heterocycles. The molecule has 1 heterocycles. The highest BCUT2D eigenvalue weighted by Crippen LogP contribution is 2.19. The van der Waals surface area contributed by atoms with E-state index in [1.54, 1.807) is 19.0 Å².